The largest absolute Gasteiger partial charge is 0.391 e. The fourth-order valence-electron chi connectivity index (χ4n) is 2.91. The summed E-state index contributed by atoms with van der Waals surface area (Å²) in [4.78, 5) is 0. The van der Waals surface area contributed by atoms with Gasteiger partial charge in [0, 0.05) is 24.3 Å². The van der Waals surface area contributed by atoms with Gasteiger partial charge in [-0.3, -0.25) is 4.68 Å². The molecule has 2 N–H and O–H groups in total. The number of rotatable bonds is 6. The molecule has 4 heteroatoms. The molecule has 4 nitrogen and oxygen atoms in total. The average molecular weight is 315 g/mol. The summed E-state index contributed by atoms with van der Waals surface area (Å²) >= 11 is 0. The molecular formula is C19H29N3O. The first kappa shape index (κ1) is 17.7. The predicted octanol–water partition coefficient (Wildman–Crippen LogP) is 2.95. The summed E-state index contributed by atoms with van der Waals surface area (Å²) in [5.74, 6) is 0. The molecule has 23 heavy (non-hydrogen) atoms. The van der Waals surface area contributed by atoms with Crippen LogP contribution in [0.15, 0.2) is 30.3 Å². The highest BCUT2D eigenvalue weighted by molar-refractivity contribution is 5.25. The molecule has 0 fully saturated rings. The second-order valence-corrected chi connectivity index (χ2v) is 7.21. The molecule has 0 aliphatic heterocycles. The minimum absolute atomic E-state index is 0.0140. The van der Waals surface area contributed by atoms with Crippen LogP contribution >= 0.6 is 0 Å². The van der Waals surface area contributed by atoms with Crippen LogP contribution in [0.4, 0.5) is 0 Å². The lowest BCUT2D eigenvalue weighted by molar-refractivity contribution is 0.171. The van der Waals surface area contributed by atoms with Gasteiger partial charge in [-0.2, -0.15) is 5.10 Å². The van der Waals surface area contributed by atoms with Crippen molar-refractivity contribution < 1.29 is 5.11 Å². The number of aryl methyl sites for hydroxylation is 1. The van der Waals surface area contributed by atoms with Crippen molar-refractivity contribution in [1.82, 2.24) is 15.1 Å². The van der Waals surface area contributed by atoms with E-state index < -0.39 is 0 Å². The van der Waals surface area contributed by atoms with Crippen molar-refractivity contribution in [3.8, 4) is 0 Å². The average Bonchev–Trinajstić information content (AvgIpc) is 2.76. The molecule has 0 spiro atoms. The molecular weight excluding hydrogens is 286 g/mol. The standard InChI is InChI=1S/C19H29N3O/c1-14-18(15(2)22(21-14)19(3,4)5)13-20-12-17(23)11-16-9-7-6-8-10-16/h6-10,17,20,23H,11-13H2,1-5H3. The Hall–Kier alpha value is -1.65. The third-order valence-electron chi connectivity index (χ3n) is 4.07. The maximum atomic E-state index is 10.2. The van der Waals surface area contributed by atoms with Crippen LogP contribution in [0.25, 0.3) is 0 Å². The monoisotopic (exact) mass is 315 g/mol. The number of aromatic nitrogens is 2. The van der Waals surface area contributed by atoms with Gasteiger partial charge in [-0.1, -0.05) is 30.3 Å². The molecule has 0 saturated heterocycles. The molecule has 0 bridgehead atoms. The predicted molar refractivity (Wildman–Crippen MR) is 94.6 cm³/mol. The van der Waals surface area contributed by atoms with Gasteiger partial charge in [0.25, 0.3) is 0 Å². The van der Waals surface area contributed by atoms with E-state index in [1.165, 1.54) is 11.3 Å². The smallest absolute Gasteiger partial charge is 0.0704 e. The highest BCUT2D eigenvalue weighted by atomic mass is 16.3. The van der Waals surface area contributed by atoms with Crippen molar-refractivity contribution in [3.63, 3.8) is 0 Å². The van der Waals surface area contributed by atoms with Crippen LogP contribution in [-0.2, 0) is 18.5 Å². The molecule has 0 aliphatic rings. The molecule has 2 aromatic rings. The molecule has 0 saturated carbocycles. The lowest BCUT2D eigenvalue weighted by Crippen LogP contribution is -2.28. The van der Waals surface area contributed by atoms with Crippen LogP contribution in [0.1, 0.15) is 43.3 Å². The van der Waals surface area contributed by atoms with Crippen LogP contribution in [0, 0.1) is 13.8 Å². The Bertz CT molecular complexity index is 626. The summed E-state index contributed by atoms with van der Waals surface area (Å²) in [7, 11) is 0. The summed E-state index contributed by atoms with van der Waals surface area (Å²) in [6, 6.07) is 10.1. The summed E-state index contributed by atoms with van der Waals surface area (Å²) < 4.78 is 2.08. The molecule has 1 atom stereocenters. The second kappa shape index (κ2) is 7.28. The quantitative estimate of drug-likeness (QED) is 0.862. The lowest BCUT2D eigenvalue weighted by atomic mass is 10.1. The number of nitrogens with one attached hydrogen (secondary N) is 1. The van der Waals surface area contributed by atoms with Crippen molar-refractivity contribution in [2.45, 2.75) is 59.2 Å². The van der Waals surface area contributed by atoms with Crippen molar-refractivity contribution in [2.75, 3.05) is 6.54 Å². The van der Waals surface area contributed by atoms with Crippen LogP contribution in [-0.4, -0.2) is 27.5 Å². The highest BCUT2D eigenvalue weighted by Gasteiger charge is 2.20. The van der Waals surface area contributed by atoms with E-state index in [9.17, 15) is 5.11 Å². The van der Waals surface area contributed by atoms with Crippen LogP contribution in [0.2, 0.25) is 0 Å². The van der Waals surface area contributed by atoms with Crippen molar-refractivity contribution in [2.24, 2.45) is 0 Å². The molecule has 0 radical (unpaired) electrons. The normalized spacial score (nSPS) is 13.3. The van der Waals surface area contributed by atoms with Gasteiger partial charge in [-0.15, -0.1) is 0 Å². The van der Waals surface area contributed by atoms with E-state index in [-0.39, 0.29) is 11.6 Å². The van der Waals surface area contributed by atoms with Crippen molar-refractivity contribution in [3.05, 3.63) is 52.8 Å². The van der Waals surface area contributed by atoms with E-state index in [0.29, 0.717) is 13.0 Å². The van der Waals surface area contributed by atoms with Crippen LogP contribution < -0.4 is 5.32 Å². The Morgan fingerprint density at radius 1 is 1.17 bits per heavy atom. The fraction of sp³-hybridized carbons (Fsp3) is 0.526. The van der Waals surface area contributed by atoms with Gasteiger partial charge < -0.3 is 10.4 Å². The second-order valence-electron chi connectivity index (χ2n) is 7.21. The van der Waals surface area contributed by atoms with E-state index >= 15 is 0 Å². The number of hydrogen-bond acceptors (Lipinski definition) is 3. The van der Waals surface area contributed by atoms with Gasteiger partial charge in [0.05, 0.1) is 17.3 Å². The van der Waals surface area contributed by atoms with Crippen molar-refractivity contribution >= 4 is 0 Å². The number of nitrogens with zero attached hydrogens (tertiary/aromatic N) is 2. The molecule has 1 heterocycles. The molecule has 1 unspecified atom stereocenters. The molecule has 126 valence electrons. The number of aliphatic hydroxyl groups is 1. The Labute approximate surface area is 139 Å². The van der Waals surface area contributed by atoms with Crippen LogP contribution in [0.3, 0.4) is 0 Å². The van der Waals surface area contributed by atoms with Gasteiger partial charge in [0.1, 0.15) is 0 Å². The van der Waals surface area contributed by atoms with Gasteiger partial charge in [0.2, 0.25) is 0 Å². The summed E-state index contributed by atoms with van der Waals surface area (Å²) in [5.41, 5.74) is 4.63. The Balaban J connectivity index is 1.90. The van der Waals surface area contributed by atoms with Gasteiger partial charge >= 0.3 is 0 Å². The zero-order chi connectivity index (χ0) is 17.0. The molecule has 0 aliphatic carbocycles. The molecule has 0 amide bonds. The van der Waals surface area contributed by atoms with Crippen LogP contribution in [0.5, 0.6) is 0 Å². The Morgan fingerprint density at radius 3 is 2.39 bits per heavy atom. The first-order valence-corrected chi connectivity index (χ1v) is 8.27. The molecule has 2 rings (SSSR count). The van der Waals surface area contributed by atoms with E-state index in [1.54, 1.807) is 0 Å². The zero-order valence-electron chi connectivity index (χ0n) is 14.9. The molecule has 1 aromatic heterocycles. The third kappa shape index (κ3) is 4.66. The summed E-state index contributed by atoms with van der Waals surface area (Å²) in [6.45, 7) is 12.0. The number of hydrogen-bond donors (Lipinski definition) is 2. The zero-order valence-corrected chi connectivity index (χ0v) is 14.9. The molecule has 1 aromatic carbocycles. The fourth-order valence-corrected chi connectivity index (χ4v) is 2.91. The topological polar surface area (TPSA) is 50.1 Å². The van der Waals surface area contributed by atoms with Gasteiger partial charge in [-0.05, 0) is 46.6 Å². The Morgan fingerprint density at radius 2 is 1.83 bits per heavy atom. The lowest BCUT2D eigenvalue weighted by Gasteiger charge is -2.21. The maximum absolute atomic E-state index is 10.2. The number of aliphatic hydroxyl groups excluding tert-OH is 1. The van der Waals surface area contributed by atoms with E-state index in [2.05, 4.69) is 42.8 Å². The maximum Gasteiger partial charge on any atom is 0.0704 e. The highest BCUT2D eigenvalue weighted by Crippen LogP contribution is 2.21. The SMILES string of the molecule is Cc1nn(C(C)(C)C)c(C)c1CNCC(O)Cc1ccccc1. The van der Waals surface area contributed by atoms with Gasteiger partial charge in [0.15, 0.2) is 0 Å². The van der Waals surface area contributed by atoms with Crippen molar-refractivity contribution in [1.29, 1.82) is 0 Å². The first-order valence-electron chi connectivity index (χ1n) is 8.27. The number of benzene rings is 1. The third-order valence-corrected chi connectivity index (χ3v) is 4.07. The summed E-state index contributed by atoms with van der Waals surface area (Å²) in [6.07, 6.45) is 0.295. The first-order chi connectivity index (χ1) is 10.8. The summed E-state index contributed by atoms with van der Waals surface area (Å²) in [5, 5.41) is 18.2. The van der Waals surface area contributed by atoms with E-state index in [1.807, 2.05) is 37.3 Å². The van der Waals surface area contributed by atoms with Gasteiger partial charge in [-0.25, -0.2) is 0 Å². The van der Waals surface area contributed by atoms with E-state index in [4.69, 9.17) is 0 Å². The van der Waals surface area contributed by atoms with E-state index in [0.717, 1.165) is 17.8 Å². The minimum atomic E-state index is -0.379. The minimum Gasteiger partial charge on any atom is -0.391 e. The Kier molecular flexibility index (Phi) is 5.60.